The van der Waals surface area contributed by atoms with Crippen LogP contribution >= 0.6 is 0 Å². The number of benzene rings is 1. The largest absolute Gasteiger partial charge is 0.495 e. The Morgan fingerprint density at radius 1 is 1.05 bits per heavy atom. The maximum Gasteiger partial charge on any atom is 0.434 e. The molecule has 0 saturated heterocycles. The van der Waals surface area contributed by atoms with Crippen LogP contribution in [0, 0.1) is 12.7 Å². The Labute approximate surface area is 217 Å². The molecule has 1 fully saturated rings. The first kappa shape index (κ1) is 27.2. The second-order valence-corrected chi connectivity index (χ2v) is 9.24. The number of halogens is 4. The van der Waals surface area contributed by atoms with E-state index < -0.39 is 11.9 Å². The lowest BCUT2D eigenvalue weighted by Gasteiger charge is -2.23. The highest BCUT2D eigenvalue weighted by atomic mass is 19.4. The van der Waals surface area contributed by atoms with Gasteiger partial charge >= 0.3 is 6.18 Å². The fraction of sp³-hybridized carbons (Fsp3) is 0.357. The minimum atomic E-state index is -4.61. The predicted octanol–water partition coefficient (Wildman–Crippen LogP) is 6.44. The van der Waals surface area contributed by atoms with Crippen molar-refractivity contribution in [2.45, 2.75) is 57.7 Å². The first-order valence-electron chi connectivity index (χ1n) is 12.3. The number of aryl methyl sites for hydroxylation is 1. The summed E-state index contributed by atoms with van der Waals surface area (Å²) >= 11 is 0. The maximum absolute atomic E-state index is 13.4. The molecule has 38 heavy (non-hydrogen) atoms. The van der Waals surface area contributed by atoms with Crippen molar-refractivity contribution in [3.63, 3.8) is 0 Å². The normalized spacial score (nSPS) is 14.2. The van der Waals surface area contributed by atoms with Crippen molar-refractivity contribution in [1.82, 2.24) is 19.5 Å². The molecule has 200 valence electrons. The van der Waals surface area contributed by atoms with E-state index in [4.69, 9.17) is 4.74 Å². The number of hydrogen-bond donors (Lipinski definition) is 0. The van der Waals surface area contributed by atoms with Crippen LogP contribution in [0.15, 0.2) is 59.7 Å². The van der Waals surface area contributed by atoms with Crippen LogP contribution in [-0.4, -0.2) is 26.6 Å². The van der Waals surface area contributed by atoms with Crippen LogP contribution in [0.4, 0.5) is 17.6 Å². The van der Waals surface area contributed by atoms with Gasteiger partial charge in [-0.25, -0.2) is 14.4 Å². The number of ether oxygens (including phenoxy) is 1. The Morgan fingerprint density at radius 2 is 1.82 bits per heavy atom. The summed E-state index contributed by atoms with van der Waals surface area (Å²) in [5, 5.41) is 0. The minimum absolute atomic E-state index is 0.00358. The standard InChI is InChI=1S/C21H21F3N4O2.C7H7F/c1-30-17-8-5-9-25-16(17)12-28-19-15(27-18(11-26-19)21(22,23)24)10-14(20(28)29)13-6-3-2-4-7-13;1-6-3-2-4-7(8)5-6/h5,8-11,13H,2-4,6-7,12H2,1H3;2-5H,1H3. The van der Waals surface area contributed by atoms with E-state index >= 15 is 0 Å². The summed E-state index contributed by atoms with van der Waals surface area (Å²) in [5.41, 5.74) is 0.753. The summed E-state index contributed by atoms with van der Waals surface area (Å²) in [6.07, 6.45) is 2.37. The number of alkyl halides is 3. The van der Waals surface area contributed by atoms with E-state index in [0.29, 0.717) is 23.2 Å². The maximum atomic E-state index is 13.4. The molecule has 0 spiro atoms. The van der Waals surface area contributed by atoms with Crippen molar-refractivity contribution < 1.29 is 22.3 Å². The van der Waals surface area contributed by atoms with Gasteiger partial charge < -0.3 is 4.74 Å². The summed E-state index contributed by atoms with van der Waals surface area (Å²) in [6, 6.07) is 11.4. The van der Waals surface area contributed by atoms with E-state index in [9.17, 15) is 22.4 Å². The van der Waals surface area contributed by atoms with Gasteiger partial charge in [0.2, 0.25) is 0 Å². The number of fused-ring (bicyclic) bond motifs is 1. The highest BCUT2D eigenvalue weighted by molar-refractivity contribution is 5.71. The van der Waals surface area contributed by atoms with Gasteiger partial charge in [-0.1, -0.05) is 31.4 Å². The molecule has 0 unspecified atom stereocenters. The van der Waals surface area contributed by atoms with Crippen molar-refractivity contribution in [2.75, 3.05) is 7.11 Å². The lowest BCUT2D eigenvalue weighted by Crippen LogP contribution is -2.28. The van der Waals surface area contributed by atoms with E-state index in [0.717, 1.165) is 37.7 Å². The van der Waals surface area contributed by atoms with Gasteiger partial charge in [0, 0.05) is 11.8 Å². The topological polar surface area (TPSA) is 69.9 Å². The molecule has 0 N–H and O–H groups in total. The summed E-state index contributed by atoms with van der Waals surface area (Å²) in [6.45, 7) is 1.89. The Hall–Kier alpha value is -3.82. The SMILES string of the molecule is COc1cccnc1Cn1c(=O)c(C2CCCCC2)cc2nc(C(F)(F)F)cnc21.Cc1cccc(F)c1. The van der Waals surface area contributed by atoms with Gasteiger partial charge in [-0.05, 0) is 61.6 Å². The highest BCUT2D eigenvalue weighted by Gasteiger charge is 2.34. The van der Waals surface area contributed by atoms with Gasteiger partial charge in [-0.3, -0.25) is 14.3 Å². The molecule has 5 rings (SSSR count). The van der Waals surface area contributed by atoms with Crippen molar-refractivity contribution in [3.05, 3.63) is 93.5 Å². The molecule has 1 aliphatic rings. The molecule has 0 radical (unpaired) electrons. The van der Waals surface area contributed by atoms with E-state index in [-0.39, 0.29) is 35.0 Å². The van der Waals surface area contributed by atoms with Crippen LogP contribution in [0.5, 0.6) is 5.75 Å². The molecule has 1 saturated carbocycles. The zero-order valence-electron chi connectivity index (χ0n) is 21.1. The molecule has 0 atom stereocenters. The Kier molecular flexibility index (Phi) is 8.38. The molecule has 3 heterocycles. The van der Waals surface area contributed by atoms with Gasteiger partial charge in [-0.15, -0.1) is 0 Å². The van der Waals surface area contributed by atoms with Crippen molar-refractivity contribution in [3.8, 4) is 5.75 Å². The lowest BCUT2D eigenvalue weighted by atomic mass is 9.84. The minimum Gasteiger partial charge on any atom is -0.495 e. The van der Waals surface area contributed by atoms with Gasteiger partial charge in [0.1, 0.15) is 22.8 Å². The predicted molar refractivity (Wildman–Crippen MR) is 136 cm³/mol. The number of pyridine rings is 2. The van der Waals surface area contributed by atoms with Gasteiger partial charge in [-0.2, -0.15) is 13.2 Å². The smallest absolute Gasteiger partial charge is 0.434 e. The van der Waals surface area contributed by atoms with E-state index in [1.54, 1.807) is 24.4 Å². The summed E-state index contributed by atoms with van der Waals surface area (Å²) < 4.78 is 58.4. The van der Waals surface area contributed by atoms with E-state index in [2.05, 4.69) is 15.0 Å². The first-order valence-corrected chi connectivity index (χ1v) is 12.3. The third-order valence-corrected chi connectivity index (χ3v) is 6.51. The number of rotatable bonds is 4. The van der Waals surface area contributed by atoms with Gasteiger partial charge in [0.05, 0.1) is 19.9 Å². The fourth-order valence-corrected chi connectivity index (χ4v) is 4.64. The molecule has 1 aromatic carbocycles. The molecule has 1 aliphatic carbocycles. The summed E-state index contributed by atoms with van der Waals surface area (Å²) in [4.78, 5) is 25.4. The zero-order valence-corrected chi connectivity index (χ0v) is 21.1. The second-order valence-electron chi connectivity index (χ2n) is 9.24. The van der Waals surface area contributed by atoms with Crippen LogP contribution in [0.25, 0.3) is 11.2 Å². The highest BCUT2D eigenvalue weighted by Crippen LogP contribution is 2.33. The quantitative estimate of drug-likeness (QED) is 0.285. The Morgan fingerprint density at radius 3 is 2.45 bits per heavy atom. The third kappa shape index (κ3) is 6.35. The third-order valence-electron chi connectivity index (χ3n) is 6.51. The average molecular weight is 529 g/mol. The zero-order chi connectivity index (χ0) is 27.3. The summed E-state index contributed by atoms with van der Waals surface area (Å²) in [7, 11) is 1.50. The van der Waals surface area contributed by atoms with Crippen molar-refractivity contribution >= 4 is 11.2 Å². The monoisotopic (exact) mass is 528 g/mol. The number of methoxy groups -OCH3 is 1. The molecule has 0 bridgehead atoms. The second kappa shape index (κ2) is 11.7. The van der Waals surface area contributed by atoms with Crippen molar-refractivity contribution in [1.29, 1.82) is 0 Å². The number of aromatic nitrogens is 4. The molecule has 3 aromatic heterocycles. The molecule has 0 amide bonds. The molecule has 6 nitrogen and oxygen atoms in total. The first-order chi connectivity index (χ1) is 18.2. The molecule has 10 heteroatoms. The molecular weight excluding hydrogens is 500 g/mol. The number of nitrogens with zero attached hydrogens (tertiary/aromatic N) is 4. The van der Waals surface area contributed by atoms with Crippen molar-refractivity contribution in [2.24, 2.45) is 0 Å². The Balaban J connectivity index is 0.000000360. The lowest BCUT2D eigenvalue weighted by molar-refractivity contribution is -0.141. The summed E-state index contributed by atoms with van der Waals surface area (Å²) in [5.74, 6) is 0.328. The van der Waals surface area contributed by atoms with Crippen LogP contribution in [0.1, 0.15) is 60.5 Å². The van der Waals surface area contributed by atoms with Gasteiger partial charge in [0.25, 0.3) is 5.56 Å². The van der Waals surface area contributed by atoms with E-state index in [1.807, 2.05) is 13.0 Å². The van der Waals surface area contributed by atoms with Crippen LogP contribution in [0.2, 0.25) is 0 Å². The van der Waals surface area contributed by atoms with E-state index in [1.165, 1.54) is 29.9 Å². The van der Waals surface area contributed by atoms with Crippen LogP contribution in [0.3, 0.4) is 0 Å². The van der Waals surface area contributed by atoms with Gasteiger partial charge in [0.15, 0.2) is 11.3 Å². The molecule has 0 aliphatic heterocycles. The number of hydrogen-bond acceptors (Lipinski definition) is 5. The average Bonchev–Trinajstić information content (AvgIpc) is 2.90. The fourth-order valence-electron chi connectivity index (χ4n) is 4.64. The molecular formula is C28H28F4N4O2. The van der Waals surface area contributed by atoms with Crippen LogP contribution < -0.4 is 10.3 Å². The Bertz CT molecular complexity index is 1450. The van der Waals surface area contributed by atoms with Crippen LogP contribution in [-0.2, 0) is 12.7 Å². The molecule has 4 aromatic rings.